The molecule has 0 spiro atoms. The zero-order valence-corrected chi connectivity index (χ0v) is 12.5. The van der Waals surface area contributed by atoms with Gasteiger partial charge >= 0.3 is 5.97 Å². The average molecular weight is 280 g/mol. The molecule has 0 bridgehead atoms. The first kappa shape index (κ1) is 13.9. The maximum Gasteiger partial charge on any atom is 0.307 e. The third kappa shape index (κ3) is 1.94. The highest BCUT2D eigenvalue weighted by atomic mass is 16.4. The summed E-state index contributed by atoms with van der Waals surface area (Å²) in [5.74, 6) is -1.62. The van der Waals surface area contributed by atoms with E-state index in [0.29, 0.717) is 6.04 Å². The number of amides is 1. The van der Waals surface area contributed by atoms with Gasteiger partial charge in [0.05, 0.1) is 11.8 Å². The van der Waals surface area contributed by atoms with E-state index < -0.39 is 17.3 Å². The fourth-order valence-electron chi connectivity index (χ4n) is 4.23. The molecule has 0 aromatic heterocycles. The topological polar surface area (TPSA) is 60.9 Å². The third-order valence-electron chi connectivity index (χ3n) is 5.58. The monoisotopic (exact) mass is 280 g/mol. The fraction of sp³-hybridized carbons (Fsp3) is 0.867. The van der Waals surface area contributed by atoms with Gasteiger partial charge in [-0.05, 0) is 31.7 Å². The Labute approximate surface area is 119 Å². The summed E-state index contributed by atoms with van der Waals surface area (Å²) in [6.45, 7) is 8.72. The predicted octanol–water partition coefficient (Wildman–Crippen LogP) is 1.04. The smallest absolute Gasteiger partial charge is 0.307 e. The van der Waals surface area contributed by atoms with Gasteiger partial charge in [-0.3, -0.25) is 14.5 Å². The van der Waals surface area contributed by atoms with Gasteiger partial charge in [-0.15, -0.1) is 0 Å². The molecule has 3 aliphatic rings. The molecule has 0 aromatic carbocycles. The summed E-state index contributed by atoms with van der Waals surface area (Å²) in [6.07, 6.45) is 2.37. The number of hydrogen-bond donors (Lipinski definition) is 1. The Morgan fingerprint density at radius 2 is 1.90 bits per heavy atom. The lowest BCUT2D eigenvalue weighted by molar-refractivity contribution is -0.144. The van der Waals surface area contributed by atoms with Crippen LogP contribution >= 0.6 is 0 Å². The van der Waals surface area contributed by atoms with Crippen LogP contribution in [-0.2, 0) is 9.59 Å². The highest BCUT2D eigenvalue weighted by Gasteiger charge is 2.67. The molecule has 3 rings (SSSR count). The second-order valence-electron chi connectivity index (χ2n) is 7.25. The van der Waals surface area contributed by atoms with Crippen molar-refractivity contribution in [1.29, 1.82) is 0 Å². The van der Waals surface area contributed by atoms with Crippen molar-refractivity contribution < 1.29 is 14.7 Å². The molecule has 5 heteroatoms. The van der Waals surface area contributed by atoms with Crippen molar-refractivity contribution in [2.45, 2.75) is 45.7 Å². The zero-order valence-electron chi connectivity index (χ0n) is 12.5. The van der Waals surface area contributed by atoms with Gasteiger partial charge in [-0.1, -0.05) is 13.8 Å². The Bertz CT molecular complexity index is 448. The van der Waals surface area contributed by atoms with E-state index in [-0.39, 0.29) is 17.9 Å². The summed E-state index contributed by atoms with van der Waals surface area (Å²) in [6, 6.07) is 0.683. The van der Waals surface area contributed by atoms with Crippen molar-refractivity contribution >= 4 is 11.9 Å². The quantitative estimate of drug-likeness (QED) is 0.821. The van der Waals surface area contributed by atoms with Crippen LogP contribution in [0.5, 0.6) is 0 Å². The highest BCUT2D eigenvalue weighted by Crippen LogP contribution is 2.59. The van der Waals surface area contributed by atoms with Gasteiger partial charge in [0.2, 0.25) is 5.91 Å². The standard InChI is InChI=1S/C15H24N2O3/c1-9-7-16-6-4-5-10(16)8-17(9)13(18)11-12(14(19)20)15(11,2)3/h9-12H,4-8H2,1-3H3,(H,19,20)/t9?,10?,11-,12+/m1/s1. The number of carbonyl (C=O) groups is 2. The lowest BCUT2D eigenvalue weighted by atomic mass is 10.0. The minimum atomic E-state index is -0.833. The molecule has 1 saturated carbocycles. The number of fused-ring (bicyclic) bond motifs is 1. The number of piperazine rings is 1. The van der Waals surface area contributed by atoms with Crippen molar-refractivity contribution in [2.24, 2.45) is 17.3 Å². The van der Waals surface area contributed by atoms with Gasteiger partial charge in [0.25, 0.3) is 0 Å². The molecule has 2 unspecified atom stereocenters. The second kappa shape index (κ2) is 4.45. The Morgan fingerprint density at radius 3 is 2.50 bits per heavy atom. The third-order valence-corrected chi connectivity index (χ3v) is 5.58. The maximum absolute atomic E-state index is 12.7. The van der Waals surface area contributed by atoms with Crippen molar-refractivity contribution in [1.82, 2.24) is 9.80 Å². The molecule has 4 atom stereocenters. The van der Waals surface area contributed by atoms with Gasteiger partial charge in [-0.25, -0.2) is 0 Å². The van der Waals surface area contributed by atoms with Crippen LogP contribution in [0.25, 0.3) is 0 Å². The summed E-state index contributed by atoms with van der Waals surface area (Å²) in [7, 11) is 0. The largest absolute Gasteiger partial charge is 0.481 e. The molecule has 3 fully saturated rings. The van der Waals surface area contributed by atoms with Gasteiger partial charge in [-0.2, -0.15) is 0 Å². The molecule has 1 amide bonds. The van der Waals surface area contributed by atoms with E-state index in [1.807, 2.05) is 18.7 Å². The molecule has 2 aliphatic heterocycles. The van der Waals surface area contributed by atoms with Crippen LogP contribution in [0.3, 0.4) is 0 Å². The molecule has 2 heterocycles. The highest BCUT2D eigenvalue weighted by molar-refractivity contribution is 5.92. The molecule has 5 nitrogen and oxygen atoms in total. The zero-order chi connectivity index (χ0) is 14.7. The number of hydrogen-bond acceptors (Lipinski definition) is 3. The van der Waals surface area contributed by atoms with Crippen LogP contribution in [0.1, 0.15) is 33.6 Å². The van der Waals surface area contributed by atoms with Crippen LogP contribution in [0.2, 0.25) is 0 Å². The van der Waals surface area contributed by atoms with Crippen LogP contribution in [0.4, 0.5) is 0 Å². The van der Waals surface area contributed by atoms with Crippen LogP contribution in [-0.4, -0.2) is 58.5 Å². The fourth-order valence-corrected chi connectivity index (χ4v) is 4.23. The van der Waals surface area contributed by atoms with E-state index in [0.717, 1.165) is 26.1 Å². The molecule has 112 valence electrons. The van der Waals surface area contributed by atoms with Gasteiger partial charge in [0, 0.05) is 25.2 Å². The number of carboxylic acids is 1. The van der Waals surface area contributed by atoms with E-state index in [9.17, 15) is 14.7 Å². The number of nitrogens with zero attached hydrogens (tertiary/aromatic N) is 2. The predicted molar refractivity (Wildman–Crippen MR) is 74.2 cm³/mol. The number of carboxylic acid groups (broad SMARTS) is 1. The number of carbonyl (C=O) groups excluding carboxylic acids is 1. The van der Waals surface area contributed by atoms with Crippen LogP contribution in [0, 0.1) is 17.3 Å². The van der Waals surface area contributed by atoms with Crippen molar-refractivity contribution in [3.05, 3.63) is 0 Å². The summed E-state index contributed by atoms with van der Waals surface area (Å²) >= 11 is 0. The molecule has 2 saturated heterocycles. The minimum absolute atomic E-state index is 0.0569. The normalized spacial score (nSPS) is 39.5. The van der Waals surface area contributed by atoms with Gasteiger partial charge in [0.1, 0.15) is 0 Å². The molecule has 1 N–H and O–H groups in total. The molecule has 0 radical (unpaired) electrons. The minimum Gasteiger partial charge on any atom is -0.481 e. The average Bonchev–Trinajstić information content (AvgIpc) is 2.71. The van der Waals surface area contributed by atoms with Crippen LogP contribution in [0.15, 0.2) is 0 Å². The first-order valence-electron chi connectivity index (χ1n) is 7.61. The maximum atomic E-state index is 12.7. The first-order chi connectivity index (χ1) is 9.34. The molecular weight excluding hydrogens is 256 g/mol. The first-order valence-corrected chi connectivity index (χ1v) is 7.61. The Morgan fingerprint density at radius 1 is 1.20 bits per heavy atom. The Hall–Kier alpha value is -1.10. The van der Waals surface area contributed by atoms with E-state index in [1.54, 1.807) is 0 Å². The summed E-state index contributed by atoms with van der Waals surface area (Å²) in [5, 5.41) is 9.24. The van der Waals surface area contributed by atoms with Crippen molar-refractivity contribution in [3.8, 4) is 0 Å². The lowest BCUT2D eigenvalue weighted by Crippen LogP contribution is -2.57. The van der Waals surface area contributed by atoms with E-state index in [1.165, 1.54) is 6.42 Å². The summed E-state index contributed by atoms with van der Waals surface area (Å²) in [5.41, 5.74) is -0.393. The second-order valence-corrected chi connectivity index (χ2v) is 7.25. The lowest BCUT2D eigenvalue weighted by Gasteiger charge is -2.42. The molecule has 0 aromatic rings. The van der Waals surface area contributed by atoms with Crippen LogP contribution < -0.4 is 0 Å². The van der Waals surface area contributed by atoms with E-state index in [4.69, 9.17) is 0 Å². The number of rotatable bonds is 2. The van der Waals surface area contributed by atoms with E-state index in [2.05, 4.69) is 11.8 Å². The summed E-state index contributed by atoms with van der Waals surface area (Å²) < 4.78 is 0. The van der Waals surface area contributed by atoms with Crippen molar-refractivity contribution in [3.63, 3.8) is 0 Å². The Balaban J connectivity index is 1.73. The molecule has 20 heavy (non-hydrogen) atoms. The van der Waals surface area contributed by atoms with Gasteiger partial charge in [0.15, 0.2) is 0 Å². The molecule has 1 aliphatic carbocycles. The SMILES string of the molecule is CC1CN2CCCC2CN1C(=O)[C@H]1[C@@H](C(=O)O)C1(C)C. The Kier molecular flexibility index (Phi) is 3.08. The number of aliphatic carboxylic acids is 1. The summed E-state index contributed by atoms with van der Waals surface area (Å²) in [4.78, 5) is 28.4. The molecular formula is C15H24N2O3. The van der Waals surface area contributed by atoms with Gasteiger partial charge < -0.3 is 10.0 Å². The van der Waals surface area contributed by atoms with Crippen molar-refractivity contribution in [2.75, 3.05) is 19.6 Å². The van der Waals surface area contributed by atoms with E-state index >= 15 is 0 Å².